The summed E-state index contributed by atoms with van der Waals surface area (Å²) in [6.45, 7) is 0. The SMILES string of the molecule is c1ccc2c(-c3c4ccccc4c(-c4cccc5ccc(-c6ccc7cccc(-c8c9ccccc9c(-c9cccc%10oc%11ccccc%11c9%10)c9ccccc89)c7c6)cc45)c4ccccc34)cccc2c1. The highest BCUT2D eigenvalue weighted by Crippen LogP contribution is 2.50. The van der Waals surface area contributed by atoms with Crippen LogP contribution in [-0.2, 0) is 0 Å². The van der Waals surface area contributed by atoms with Gasteiger partial charge >= 0.3 is 0 Å². The Morgan fingerprint density at radius 3 is 0.972 bits per heavy atom. The third kappa shape index (κ3) is 6.00. The summed E-state index contributed by atoms with van der Waals surface area (Å²) in [7, 11) is 0. The van der Waals surface area contributed by atoms with Crippen molar-refractivity contribution in [1.82, 2.24) is 0 Å². The van der Waals surface area contributed by atoms with Crippen LogP contribution >= 0.6 is 0 Å². The lowest BCUT2D eigenvalue weighted by Gasteiger charge is -2.20. The zero-order valence-corrected chi connectivity index (χ0v) is 38.7. The van der Waals surface area contributed by atoms with Gasteiger partial charge in [0.15, 0.2) is 0 Å². The molecule has 15 rings (SSSR count). The average Bonchev–Trinajstić information content (AvgIpc) is 3.82. The standard InChI is InChI=1S/C70H42O/c1-2-21-48-43(17-1)18-13-31-49(48)66-50-22-3-5-24-52(50)67(53-25-6-4-23-51(53)66)58-32-14-19-44-37-39-46(41-62(44)58)47-40-38-45-20-15-33-59(63(45)42-47)68-54-26-7-9-28-56(54)69(57-29-10-8-27-55(57)68)61-34-16-36-65-70(61)60-30-11-12-35-64(60)71-65/h1-42H. The van der Waals surface area contributed by atoms with Crippen molar-refractivity contribution in [1.29, 1.82) is 0 Å². The van der Waals surface area contributed by atoms with Crippen LogP contribution < -0.4 is 0 Å². The highest BCUT2D eigenvalue weighted by atomic mass is 16.3. The normalized spacial score (nSPS) is 11.9. The number of benzene rings is 14. The summed E-state index contributed by atoms with van der Waals surface area (Å²) in [5, 5.41) is 19.6. The molecular formula is C70H42O. The summed E-state index contributed by atoms with van der Waals surface area (Å²) in [6, 6.07) is 94.0. The van der Waals surface area contributed by atoms with Crippen LogP contribution in [0.15, 0.2) is 259 Å². The van der Waals surface area contributed by atoms with E-state index in [2.05, 4.69) is 249 Å². The van der Waals surface area contributed by atoms with Crippen LogP contribution in [0, 0.1) is 0 Å². The van der Waals surface area contributed by atoms with E-state index in [9.17, 15) is 0 Å². The van der Waals surface area contributed by atoms with Crippen LogP contribution in [0.25, 0.3) is 153 Å². The smallest absolute Gasteiger partial charge is 0.136 e. The molecular weight excluding hydrogens is 857 g/mol. The highest BCUT2D eigenvalue weighted by Gasteiger charge is 2.23. The Kier molecular flexibility index (Phi) is 8.73. The van der Waals surface area contributed by atoms with Crippen molar-refractivity contribution < 1.29 is 4.42 Å². The van der Waals surface area contributed by atoms with Crippen LogP contribution in [0.3, 0.4) is 0 Å². The van der Waals surface area contributed by atoms with E-state index in [0.29, 0.717) is 0 Å². The molecule has 1 nitrogen and oxygen atoms in total. The monoisotopic (exact) mass is 898 g/mol. The average molecular weight is 899 g/mol. The maximum atomic E-state index is 6.45. The Bertz CT molecular complexity index is 4580. The number of hydrogen-bond donors (Lipinski definition) is 0. The van der Waals surface area contributed by atoms with Crippen molar-refractivity contribution >= 4 is 97.3 Å². The maximum Gasteiger partial charge on any atom is 0.136 e. The molecule has 0 saturated carbocycles. The van der Waals surface area contributed by atoms with Gasteiger partial charge in [-0.2, -0.15) is 0 Å². The summed E-state index contributed by atoms with van der Waals surface area (Å²) in [5.41, 5.74) is 14.1. The Balaban J connectivity index is 0.936. The van der Waals surface area contributed by atoms with Crippen LogP contribution in [0.4, 0.5) is 0 Å². The van der Waals surface area contributed by atoms with E-state index in [1.54, 1.807) is 0 Å². The molecule has 0 atom stereocenters. The zero-order valence-electron chi connectivity index (χ0n) is 38.7. The Hall–Kier alpha value is -9.30. The first kappa shape index (κ1) is 39.7. The van der Waals surface area contributed by atoms with Crippen LogP contribution in [-0.4, -0.2) is 0 Å². The van der Waals surface area contributed by atoms with E-state index in [4.69, 9.17) is 4.42 Å². The number of rotatable bonds is 5. The number of hydrogen-bond acceptors (Lipinski definition) is 1. The van der Waals surface area contributed by atoms with Crippen molar-refractivity contribution in [2.75, 3.05) is 0 Å². The molecule has 0 aliphatic heterocycles. The maximum absolute atomic E-state index is 6.45. The summed E-state index contributed by atoms with van der Waals surface area (Å²) < 4.78 is 6.45. The molecule has 15 aromatic rings. The van der Waals surface area contributed by atoms with Gasteiger partial charge in [0.05, 0.1) is 0 Å². The second-order valence-corrected chi connectivity index (χ2v) is 19.0. The molecule has 0 spiro atoms. The second kappa shape index (κ2) is 15.6. The van der Waals surface area contributed by atoms with Crippen LogP contribution in [0.5, 0.6) is 0 Å². The number of fused-ring (bicyclic) bond motifs is 10. The van der Waals surface area contributed by atoms with E-state index in [1.165, 1.54) is 131 Å². The van der Waals surface area contributed by atoms with E-state index in [0.717, 1.165) is 21.9 Å². The lowest BCUT2D eigenvalue weighted by molar-refractivity contribution is 0.669. The van der Waals surface area contributed by atoms with Crippen molar-refractivity contribution in [3.05, 3.63) is 255 Å². The molecule has 0 bridgehead atoms. The third-order valence-electron chi connectivity index (χ3n) is 15.2. The number of furan rings is 1. The lowest BCUT2D eigenvalue weighted by atomic mass is 9.83. The van der Waals surface area contributed by atoms with Gasteiger partial charge in [-0.1, -0.05) is 231 Å². The predicted octanol–water partition coefficient (Wildman–Crippen LogP) is 20.0. The first-order valence-electron chi connectivity index (χ1n) is 24.6. The van der Waals surface area contributed by atoms with Gasteiger partial charge in [0.1, 0.15) is 11.2 Å². The summed E-state index contributed by atoms with van der Waals surface area (Å²) in [6.07, 6.45) is 0. The Morgan fingerprint density at radius 1 is 0.197 bits per heavy atom. The van der Waals surface area contributed by atoms with E-state index < -0.39 is 0 Å². The topological polar surface area (TPSA) is 13.1 Å². The highest BCUT2D eigenvalue weighted by molar-refractivity contribution is 6.28. The largest absolute Gasteiger partial charge is 0.456 e. The molecule has 0 N–H and O–H groups in total. The van der Waals surface area contributed by atoms with E-state index in [1.807, 2.05) is 6.07 Å². The minimum absolute atomic E-state index is 0.903. The summed E-state index contributed by atoms with van der Waals surface area (Å²) in [4.78, 5) is 0. The van der Waals surface area contributed by atoms with Gasteiger partial charge in [-0.3, -0.25) is 0 Å². The molecule has 0 amide bonds. The fourth-order valence-electron chi connectivity index (χ4n) is 12.2. The molecule has 1 heteroatoms. The molecule has 1 heterocycles. The minimum Gasteiger partial charge on any atom is -0.456 e. The molecule has 1 aromatic heterocycles. The van der Waals surface area contributed by atoms with Gasteiger partial charge in [-0.05, 0) is 155 Å². The predicted molar refractivity (Wildman–Crippen MR) is 303 cm³/mol. The van der Waals surface area contributed by atoms with Crippen molar-refractivity contribution in [3.63, 3.8) is 0 Å². The molecule has 0 saturated heterocycles. The van der Waals surface area contributed by atoms with Gasteiger partial charge in [-0.15, -0.1) is 0 Å². The van der Waals surface area contributed by atoms with Gasteiger partial charge in [-0.25, -0.2) is 0 Å². The molecule has 0 aliphatic carbocycles. The first-order valence-corrected chi connectivity index (χ1v) is 24.6. The van der Waals surface area contributed by atoms with Crippen LogP contribution in [0.1, 0.15) is 0 Å². The van der Waals surface area contributed by atoms with Gasteiger partial charge in [0.2, 0.25) is 0 Å². The number of para-hydroxylation sites is 1. The van der Waals surface area contributed by atoms with E-state index >= 15 is 0 Å². The summed E-state index contributed by atoms with van der Waals surface area (Å²) >= 11 is 0. The zero-order chi connectivity index (χ0) is 46.6. The molecule has 0 radical (unpaired) electrons. The van der Waals surface area contributed by atoms with Gasteiger partial charge in [0.25, 0.3) is 0 Å². The second-order valence-electron chi connectivity index (χ2n) is 19.0. The molecule has 0 fully saturated rings. The minimum atomic E-state index is 0.903. The molecule has 0 unspecified atom stereocenters. The quantitative estimate of drug-likeness (QED) is 0.157. The summed E-state index contributed by atoms with van der Waals surface area (Å²) in [5.74, 6) is 0. The van der Waals surface area contributed by atoms with E-state index in [-0.39, 0.29) is 0 Å². The molecule has 14 aromatic carbocycles. The van der Waals surface area contributed by atoms with Crippen molar-refractivity contribution in [2.24, 2.45) is 0 Å². The van der Waals surface area contributed by atoms with Gasteiger partial charge in [0, 0.05) is 10.8 Å². The van der Waals surface area contributed by atoms with Crippen LogP contribution in [0.2, 0.25) is 0 Å². The van der Waals surface area contributed by atoms with Crippen molar-refractivity contribution in [3.8, 4) is 55.6 Å². The Morgan fingerprint density at radius 2 is 0.507 bits per heavy atom. The molecule has 0 aliphatic rings. The fourth-order valence-corrected chi connectivity index (χ4v) is 12.2. The lowest BCUT2D eigenvalue weighted by Crippen LogP contribution is -1.93. The molecule has 328 valence electrons. The molecule has 71 heavy (non-hydrogen) atoms. The first-order chi connectivity index (χ1) is 35.2. The fraction of sp³-hybridized carbons (Fsp3) is 0. The van der Waals surface area contributed by atoms with Gasteiger partial charge < -0.3 is 4.42 Å². The Labute approximate surface area is 410 Å². The third-order valence-corrected chi connectivity index (χ3v) is 15.2. The van der Waals surface area contributed by atoms with Crippen molar-refractivity contribution in [2.45, 2.75) is 0 Å².